The first-order valence-corrected chi connectivity index (χ1v) is 4.03. The van der Waals surface area contributed by atoms with Gasteiger partial charge in [0.2, 0.25) is 0 Å². The zero-order valence-electron chi connectivity index (χ0n) is 6.53. The molecule has 11 heavy (non-hydrogen) atoms. The lowest BCUT2D eigenvalue weighted by Crippen LogP contribution is -2.02. The quantitative estimate of drug-likeness (QED) is 0.485. The van der Waals surface area contributed by atoms with Crippen LogP contribution >= 0.6 is 24.4 Å². The maximum Gasteiger partial charge on any atom is 0.191 e. The summed E-state index contributed by atoms with van der Waals surface area (Å²) in [6.45, 7) is 3.74. The first-order chi connectivity index (χ1) is 5.20. The minimum atomic E-state index is 0.399. The largest absolute Gasteiger partial charge is 0.434 e. The van der Waals surface area contributed by atoms with Crippen molar-refractivity contribution in [1.29, 1.82) is 0 Å². The highest BCUT2D eigenvalue weighted by Gasteiger charge is 1.93. The minimum Gasteiger partial charge on any atom is -0.434 e. The van der Waals surface area contributed by atoms with Gasteiger partial charge in [0.15, 0.2) is 10.1 Å². The highest BCUT2D eigenvalue weighted by Crippen LogP contribution is 1.90. The summed E-state index contributed by atoms with van der Waals surface area (Å²) in [5.41, 5.74) is 0. The van der Waals surface area contributed by atoms with Crippen LogP contribution in [0.4, 0.5) is 0 Å². The molecule has 3 heteroatoms. The average molecular weight is 186 g/mol. The van der Waals surface area contributed by atoms with Crippen molar-refractivity contribution in [2.24, 2.45) is 0 Å². The predicted octanol–water partition coefficient (Wildman–Crippen LogP) is 2.81. The molecule has 0 aliphatic carbocycles. The summed E-state index contributed by atoms with van der Waals surface area (Å²) in [5.74, 6) is 0. The van der Waals surface area contributed by atoms with Crippen LogP contribution in [0.1, 0.15) is 13.8 Å². The molecule has 0 fully saturated rings. The monoisotopic (exact) mass is 186 g/mol. The Balaban J connectivity index is 3.85. The second kappa shape index (κ2) is 6.19. The Labute approximate surface area is 77.7 Å². The van der Waals surface area contributed by atoms with Gasteiger partial charge in [-0.05, 0) is 50.4 Å². The summed E-state index contributed by atoms with van der Waals surface area (Å²) in [4.78, 5) is 0. The Hall–Kier alpha value is -0.540. The molecule has 0 spiro atoms. The van der Waals surface area contributed by atoms with Crippen molar-refractivity contribution < 1.29 is 4.74 Å². The molecule has 0 aliphatic heterocycles. The second-order valence-electron chi connectivity index (χ2n) is 1.74. The summed E-state index contributed by atoms with van der Waals surface area (Å²) < 4.78 is 5.02. The molecule has 0 unspecified atom stereocenters. The summed E-state index contributed by atoms with van der Waals surface area (Å²) in [6, 6.07) is 0. The van der Waals surface area contributed by atoms with Crippen LogP contribution in [-0.4, -0.2) is 10.1 Å². The highest BCUT2D eigenvalue weighted by atomic mass is 32.1. The SMILES string of the molecule is CC=CC(=S)OC(=S)C=CC. The van der Waals surface area contributed by atoms with Crippen molar-refractivity contribution >= 4 is 34.5 Å². The third-order valence-electron chi connectivity index (χ3n) is 0.807. The van der Waals surface area contributed by atoms with Gasteiger partial charge in [-0.1, -0.05) is 12.2 Å². The van der Waals surface area contributed by atoms with E-state index in [-0.39, 0.29) is 0 Å². The van der Waals surface area contributed by atoms with Crippen molar-refractivity contribution in [3.63, 3.8) is 0 Å². The highest BCUT2D eigenvalue weighted by molar-refractivity contribution is 7.81. The van der Waals surface area contributed by atoms with E-state index in [0.29, 0.717) is 10.1 Å². The molecule has 0 saturated carbocycles. The molecule has 0 aromatic heterocycles. The number of hydrogen-bond donors (Lipinski definition) is 0. The lowest BCUT2D eigenvalue weighted by atomic mass is 10.5. The number of thiocarbonyl (C=S) groups is 2. The summed E-state index contributed by atoms with van der Waals surface area (Å²) in [6.07, 6.45) is 6.98. The van der Waals surface area contributed by atoms with Gasteiger partial charge < -0.3 is 4.74 Å². The van der Waals surface area contributed by atoms with Crippen LogP contribution in [0.25, 0.3) is 0 Å². The van der Waals surface area contributed by atoms with E-state index in [1.54, 1.807) is 24.3 Å². The molecule has 0 N–H and O–H groups in total. The Bertz CT molecular complexity index is 182. The lowest BCUT2D eigenvalue weighted by Gasteiger charge is -1.98. The molecule has 0 atom stereocenters. The van der Waals surface area contributed by atoms with Gasteiger partial charge in [0.05, 0.1) is 0 Å². The molecule has 0 saturated heterocycles. The average Bonchev–Trinajstić information content (AvgIpc) is 1.87. The molecule has 0 radical (unpaired) electrons. The first kappa shape index (κ1) is 10.5. The summed E-state index contributed by atoms with van der Waals surface area (Å²) in [7, 11) is 0. The van der Waals surface area contributed by atoms with Gasteiger partial charge in [0, 0.05) is 0 Å². The standard InChI is InChI=1S/C8H10OS2/c1-3-5-7(10)9-8(11)6-4-2/h3-6H,1-2H3. The fourth-order valence-electron chi connectivity index (χ4n) is 0.439. The molecule has 0 heterocycles. The molecule has 0 aromatic carbocycles. The lowest BCUT2D eigenvalue weighted by molar-refractivity contribution is 0.584. The number of allylic oxidation sites excluding steroid dienone is 2. The Morgan fingerprint density at radius 3 is 1.64 bits per heavy atom. The van der Waals surface area contributed by atoms with Crippen LogP contribution in [0.2, 0.25) is 0 Å². The molecule has 1 nitrogen and oxygen atoms in total. The summed E-state index contributed by atoms with van der Waals surface area (Å²) >= 11 is 9.63. The Morgan fingerprint density at radius 2 is 1.36 bits per heavy atom. The fraction of sp³-hybridized carbons (Fsp3) is 0.250. The maximum atomic E-state index is 5.02. The van der Waals surface area contributed by atoms with Crippen molar-refractivity contribution in [2.75, 3.05) is 0 Å². The van der Waals surface area contributed by atoms with Gasteiger partial charge in [-0.15, -0.1) is 0 Å². The molecule has 60 valence electrons. The number of rotatable bonds is 2. The molecule has 0 aromatic rings. The van der Waals surface area contributed by atoms with Gasteiger partial charge in [0.1, 0.15) is 0 Å². The molecule has 0 rings (SSSR count). The maximum absolute atomic E-state index is 5.02. The number of ether oxygens (including phenoxy) is 1. The van der Waals surface area contributed by atoms with E-state index in [0.717, 1.165) is 0 Å². The van der Waals surface area contributed by atoms with Gasteiger partial charge in [-0.2, -0.15) is 0 Å². The number of hydrogen-bond acceptors (Lipinski definition) is 3. The molecular weight excluding hydrogens is 176 g/mol. The van der Waals surface area contributed by atoms with E-state index in [9.17, 15) is 0 Å². The van der Waals surface area contributed by atoms with E-state index in [2.05, 4.69) is 0 Å². The van der Waals surface area contributed by atoms with E-state index in [4.69, 9.17) is 29.2 Å². The second-order valence-corrected chi connectivity index (χ2v) is 2.54. The van der Waals surface area contributed by atoms with Crippen molar-refractivity contribution in [2.45, 2.75) is 13.8 Å². The van der Waals surface area contributed by atoms with Crippen molar-refractivity contribution in [1.82, 2.24) is 0 Å². The van der Waals surface area contributed by atoms with Crippen molar-refractivity contribution in [3.8, 4) is 0 Å². The summed E-state index contributed by atoms with van der Waals surface area (Å²) in [5, 5.41) is 0.797. The molecular formula is C8H10OS2. The third-order valence-corrected chi connectivity index (χ3v) is 1.25. The third kappa shape index (κ3) is 5.88. The van der Waals surface area contributed by atoms with Gasteiger partial charge in [0.25, 0.3) is 0 Å². The van der Waals surface area contributed by atoms with E-state index < -0.39 is 0 Å². The zero-order valence-corrected chi connectivity index (χ0v) is 8.17. The van der Waals surface area contributed by atoms with Crippen LogP contribution in [0, 0.1) is 0 Å². The Morgan fingerprint density at radius 1 is 1.00 bits per heavy atom. The predicted molar refractivity (Wildman–Crippen MR) is 55.9 cm³/mol. The van der Waals surface area contributed by atoms with Crippen LogP contribution in [0.3, 0.4) is 0 Å². The van der Waals surface area contributed by atoms with E-state index >= 15 is 0 Å². The van der Waals surface area contributed by atoms with E-state index in [1.807, 2.05) is 13.8 Å². The van der Waals surface area contributed by atoms with Crippen LogP contribution in [0.5, 0.6) is 0 Å². The topological polar surface area (TPSA) is 9.23 Å². The normalized spacial score (nSPS) is 10.7. The Kier molecular flexibility index (Phi) is 5.88. The van der Waals surface area contributed by atoms with E-state index in [1.165, 1.54) is 0 Å². The van der Waals surface area contributed by atoms with Crippen LogP contribution in [-0.2, 0) is 4.74 Å². The van der Waals surface area contributed by atoms with Crippen molar-refractivity contribution in [3.05, 3.63) is 24.3 Å². The van der Waals surface area contributed by atoms with Crippen LogP contribution in [0.15, 0.2) is 24.3 Å². The molecule has 0 bridgehead atoms. The smallest absolute Gasteiger partial charge is 0.191 e. The van der Waals surface area contributed by atoms with Gasteiger partial charge in [-0.3, -0.25) is 0 Å². The van der Waals surface area contributed by atoms with Crippen LogP contribution < -0.4 is 0 Å². The molecule has 0 aliphatic rings. The first-order valence-electron chi connectivity index (χ1n) is 3.22. The fourth-order valence-corrected chi connectivity index (χ4v) is 0.944. The van der Waals surface area contributed by atoms with Gasteiger partial charge >= 0.3 is 0 Å². The zero-order chi connectivity index (χ0) is 8.69. The minimum absolute atomic E-state index is 0.399. The van der Waals surface area contributed by atoms with Gasteiger partial charge in [-0.25, -0.2) is 0 Å². The molecule has 0 amide bonds.